The number of oxime groups is 1. The molecular weight excluding hydrogens is 509 g/mol. The lowest BCUT2D eigenvalue weighted by Gasteiger charge is -2.30. The van der Waals surface area contributed by atoms with Gasteiger partial charge in [-0.2, -0.15) is 39.5 Å². The Morgan fingerprint density at radius 1 is 1.00 bits per heavy atom. The quantitative estimate of drug-likeness (QED) is 0.333. The number of methoxy groups -OCH3 is 1. The molecule has 1 atom stereocenters. The van der Waals surface area contributed by atoms with Crippen LogP contribution in [0.2, 0.25) is 5.02 Å². The summed E-state index contributed by atoms with van der Waals surface area (Å²) >= 11 is 5.60. The standard InChI is InChI=1S/C20H11ClF9NO3/c1-33-16(32)13-3-2-9(4-14(13)19(25,26)27)15-8-17(34-31-15,20(28,29)30)10-5-11(18(22,23)24)7-12(21)6-10/h2-7H,8H2,1H3. The zero-order valence-electron chi connectivity index (χ0n) is 16.6. The highest BCUT2D eigenvalue weighted by Gasteiger charge is 2.62. The predicted octanol–water partition coefficient (Wildman–Crippen LogP) is 6.75. The number of hydrogen-bond donors (Lipinski definition) is 0. The molecule has 0 radical (unpaired) electrons. The van der Waals surface area contributed by atoms with E-state index in [0.29, 0.717) is 24.3 Å². The second-order valence-corrected chi connectivity index (χ2v) is 7.54. The van der Waals surface area contributed by atoms with Crippen LogP contribution in [0.5, 0.6) is 0 Å². The molecule has 0 aromatic heterocycles. The van der Waals surface area contributed by atoms with E-state index in [1.165, 1.54) is 0 Å². The molecule has 0 spiro atoms. The third-order valence-electron chi connectivity index (χ3n) is 4.94. The summed E-state index contributed by atoms with van der Waals surface area (Å²) in [5.74, 6) is -1.34. The molecule has 2 aromatic rings. The van der Waals surface area contributed by atoms with E-state index in [2.05, 4.69) is 14.7 Å². The van der Waals surface area contributed by atoms with Gasteiger partial charge in [0.1, 0.15) is 0 Å². The average Bonchev–Trinajstić information content (AvgIpc) is 3.18. The second kappa shape index (κ2) is 8.36. The van der Waals surface area contributed by atoms with Crippen LogP contribution >= 0.6 is 11.6 Å². The third kappa shape index (κ3) is 4.65. The van der Waals surface area contributed by atoms with Crippen LogP contribution < -0.4 is 0 Å². The van der Waals surface area contributed by atoms with Crippen LogP contribution in [-0.4, -0.2) is 25.0 Å². The molecular formula is C20H11ClF9NO3. The van der Waals surface area contributed by atoms with Crippen molar-refractivity contribution in [3.8, 4) is 0 Å². The van der Waals surface area contributed by atoms with Crippen molar-refractivity contribution in [2.45, 2.75) is 30.6 Å². The van der Waals surface area contributed by atoms with E-state index in [9.17, 15) is 44.3 Å². The molecule has 2 aromatic carbocycles. The summed E-state index contributed by atoms with van der Waals surface area (Å²) < 4.78 is 126. The number of esters is 1. The predicted molar refractivity (Wildman–Crippen MR) is 99.2 cm³/mol. The van der Waals surface area contributed by atoms with Crippen LogP contribution in [-0.2, 0) is 27.5 Å². The molecule has 184 valence electrons. The minimum atomic E-state index is -5.34. The number of halogens is 10. The first-order valence-corrected chi connectivity index (χ1v) is 9.37. The molecule has 0 amide bonds. The summed E-state index contributed by atoms with van der Waals surface area (Å²) in [6.45, 7) is 0. The van der Waals surface area contributed by atoms with Crippen molar-refractivity contribution >= 4 is 23.3 Å². The molecule has 0 saturated carbocycles. The van der Waals surface area contributed by atoms with Gasteiger partial charge < -0.3 is 9.57 Å². The van der Waals surface area contributed by atoms with Gasteiger partial charge in [0.2, 0.25) is 0 Å². The smallest absolute Gasteiger partial charge is 0.435 e. The Bertz CT molecular complexity index is 1160. The maximum Gasteiger partial charge on any atom is 0.435 e. The van der Waals surface area contributed by atoms with Gasteiger partial charge in [-0.3, -0.25) is 0 Å². The lowest BCUT2D eigenvalue weighted by Crippen LogP contribution is -2.43. The van der Waals surface area contributed by atoms with Crippen LogP contribution in [0.3, 0.4) is 0 Å². The molecule has 1 heterocycles. The van der Waals surface area contributed by atoms with E-state index in [-0.39, 0.29) is 6.07 Å². The number of carbonyl (C=O) groups is 1. The van der Waals surface area contributed by atoms with Crippen LogP contribution in [0.4, 0.5) is 39.5 Å². The van der Waals surface area contributed by atoms with Crippen molar-refractivity contribution in [1.29, 1.82) is 0 Å². The van der Waals surface area contributed by atoms with Gasteiger partial charge in [-0.25, -0.2) is 4.79 Å². The Balaban J connectivity index is 2.10. The van der Waals surface area contributed by atoms with Gasteiger partial charge in [-0.15, -0.1) is 0 Å². The largest absolute Gasteiger partial charge is 0.465 e. The molecule has 14 heteroatoms. The van der Waals surface area contributed by atoms with Crippen molar-refractivity contribution in [3.63, 3.8) is 0 Å². The molecule has 3 rings (SSSR count). The van der Waals surface area contributed by atoms with E-state index in [1.54, 1.807) is 0 Å². The SMILES string of the molecule is COC(=O)c1ccc(C2=NOC(c3cc(Cl)cc(C(F)(F)F)c3)(C(F)(F)F)C2)cc1C(F)(F)F. The second-order valence-electron chi connectivity index (χ2n) is 7.11. The number of benzene rings is 2. The first-order valence-electron chi connectivity index (χ1n) is 8.99. The van der Waals surface area contributed by atoms with E-state index in [4.69, 9.17) is 11.6 Å². The number of carbonyl (C=O) groups excluding carboxylic acids is 1. The molecule has 0 bridgehead atoms. The summed E-state index contributed by atoms with van der Waals surface area (Å²) in [6.07, 6.45) is -16.7. The fraction of sp³-hybridized carbons (Fsp3) is 0.300. The van der Waals surface area contributed by atoms with Crippen LogP contribution in [0, 0.1) is 0 Å². The van der Waals surface area contributed by atoms with Gasteiger partial charge in [0.05, 0.1) is 29.5 Å². The lowest BCUT2D eigenvalue weighted by molar-refractivity contribution is -0.276. The molecule has 1 unspecified atom stereocenters. The van der Waals surface area contributed by atoms with E-state index in [0.717, 1.165) is 13.2 Å². The summed E-state index contributed by atoms with van der Waals surface area (Å²) in [7, 11) is 0.836. The molecule has 1 aliphatic rings. The fourth-order valence-electron chi connectivity index (χ4n) is 3.29. The highest BCUT2D eigenvalue weighted by atomic mass is 35.5. The number of nitrogens with zero attached hydrogens (tertiary/aromatic N) is 1. The van der Waals surface area contributed by atoms with Gasteiger partial charge in [0.15, 0.2) is 0 Å². The molecule has 1 aliphatic heterocycles. The zero-order chi connectivity index (χ0) is 25.7. The topological polar surface area (TPSA) is 47.9 Å². The maximum absolute atomic E-state index is 14.1. The highest BCUT2D eigenvalue weighted by molar-refractivity contribution is 6.30. The first-order chi connectivity index (χ1) is 15.5. The Morgan fingerprint density at radius 2 is 1.65 bits per heavy atom. The minimum Gasteiger partial charge on any atom is -0.465 e. The fourth-order valence-corrected chi connectivity index (χ4v) is 3.53. The molecule has 0 N–H and O–H groups in total. The van der Waals surface area contributed by atoms with Gasteiger partial charge in [0.25, 0.3) is 5.60 Å². The number of alkyl halides is 9. The van der Waals surface area contributed by atoms with E-state index >= 15 is 0 Å². The Labute approximate surface area is 189 Å². The van der Waals surface area contributed by atoms with Crippen LogP contribution in [0.25, 0.3) is 0 Å². The van der Waals surface area contributed by atoms with Crippen molar-refractivity contribution in [1.82, 2.24) is 0 Å². The summed E-state index contributed by atoms with van der Waals surface area (Å²) in [5, 5.41) is 2.56. The minimum absolute atomic E-state index is 0.180. The summed E-state index contributed by atoms with van der Waals surface area (Å²) in [4.78, 5) is 16.2. The molecule has 4 nitrogen and oxygen atoms in total. The highest BCUT2D eigenvalue weighted by Crippen LogP contribution is 2.50. The third-order valence-corrected chi connectivity index (χ3v) is 5.16. The normalized spacial score (nSPS) is 19.0. The molecule has 0 aliphatic carbocycles. The van der Waals surface area contributed by atoms with Gasteiger partial charge in [-0.1, -0.05) is 22.8 Å². The van der Waals surface area contributed by atoms with Crippen molar-refractivity contribution in [2.75, 3.05) is 7.11 Å². The van der Waals surface area contributed by atoms with Crippen molar-refractivity contribution in [3.05, 3.63) is 69.2 Å². The monoisotopic (exact) mass is 519 g/mol. The summed E-state index contributed by atoms with van der Waals surface area (Å²) in [6, 6.07) is 3.13. The van der Waals surface area contributed by atoms with Gasteiger partial charge in [0, 0.05) is 22.6 Å². The van der Waals surface area contributed by atoms with Gasteiger partial charge in [-0.05, 0) is 30.3 Å². The summed E-state index contributed by atoms with van der Waals surface area (Å²) in [5.41, 5.74) is -9.53. The maximum atomic E-state index is 14.1. The van der Waals surface area contributed by atoms with Crippen molar-refractivity contribution in [2.24, 2.45) is 5.16 Å². The molecule has 0 fully saturated rings. The molecule has 0 saturated heterocycles. The molecule has 34 heavy (non-hydrogen) atoms. The van der Waals surface area contributed by atoms with E-state index in [1.807, 2.05) is 0 Å². The average molecular weight is 520 g/mol. The van der Waals surface area contributed by atoms with Crippen LogP contribution in [0.15, 0.2) is 41.6 Å². The van der Waals surface area contributed by atoms with E-state index < -0.39 is 75.1 Å². The number of rotatable bonds is 3. The number of ether oxygens (including phenoxy) is 1. The first kappa shape index (κ1) is 25.7. The Kier molecular flexibility index (Phi) is 6.31. The zero-order valence-corrected chi connectivity index (χ0v) is 17.4. The lowest BCUT2D eigenvalue weighted by atomic mass is 9.85. The number of hydrogen-bond acceptors (Lipinski definition) is 4. The Hall–Kier alpha value is -2.96. The van der Waals surface area contributed by atoms with Crippen LogP contribution in [0.1, 0.15) is 39.0 Å². The Morgan fingerprint density at radius 3 is 2.18 bits per heavy atom. The van der Waals surface area contributed by atoms with Crippen molar-refractivity contribution < 1.29 is 53.9 Å². The van der Waals surface area contributed by atoms with Gasteiger partial charge >= 0.3 is 24.5 Å².